The van der Waals surface area contributed by atoms with Crippen LogP contribution in [0.4, 0.5) is 0 Å². The molecule has 0 aliphatic heterocycles. The molecule has 0 saturated heterocycles. The van der Waals surface area contributed by atoms with E-state index in [9.17, 15) is 14.4 Å². The van der Waals surface area contributed by atoms with Crippen molar-refractivity contribution in [1.29, 1.82) is 0 Å². The highest BCUT2D eigenvalue weighted by atomic mass is 32.1. The summed E-state index contributed by atoms with van der Waals surface area (Å²) in [7, 11) is 0. The number of pyridine rings is 1. The zero-order chi connectivity index (χ0) is 24.5. The molecule has 5 aromatic rings. The average Bonchev–Trinajstić information content (AvgIpc) is 3.49. The number of nitrogens with zero attached hydrogens (tertiary/aromatic N) is 2. The molecule has 176 valence electrons. The van der Waals surface area contributed by atoms with Gasteiger partial charge in [0.25, 0.3) is 0 Å². The van der Waals surface area contributed by atoms with E-state index in [1.807, 2.05) is 55.6 Å². The summed E-state index contributed by atoms with van der Waals surface area (Å²) in [4.78, 5) is 39.8. The monoisotopic (exact) mass is 484 g/mol. The molecule has 0 aliphatic rings. The molecule has 35 heavy (non-hydrogen) atoms. The second kappa shape index (κ2) is 9.35. The number of hydrogen-bond acceptors (Lipinski definition) is 5. The SMILES string of the molecule is Cc1cc(C(=O)COC(=O)Cn2c3ccccc3c(=O)c3ccccc32)c(C)n1Cc1cccs1. The molecular formula is C28H24N2O4S. The van der Waals surface area contributed by atoms with Crippen LogP contribution in [0.3, 0.4) is 0 Å². The third-order valence-corrected chi connectivity index (χ3v) is 7.16. The molecule has 6 nitrogen and oxygen atoms in total. The van der Waals surface area contributed by atoms with E-state index in [1.54, 1.807) is 40.2 Å². The normalized spacial score (nSPS) is 11.3. The van der Waals surface area contributed by atoms with Crippen LogP contribution in [0.1, 0.15) is 26.6 Å². The minimum Gasteiger partial charge on any atom is -0.456 e. The lowest BCUT2D eigenvalue weighted by Gasteiger charge is -2.14. The fourth-order valence-electron chi connectivity index (χ4n) is 4.53. The van der Waals surface area contributed by atoms with Gasteiger partial charge in [-0.15, -0.1) is 11.3 Å². The van der Waals surface area contributed by atoms with Crippen LogP contribution in [0.5, 0.6) is 0 Å². The third kappa shape index (κ3) is 4.31. The van der Waals surface area contributed by atoms with Crippen LogP contribution in [-0.2, 0) is 22.6 Å². The Morgan fingerprint density at radius 1 is 0.886 bits per heavy atom. The third-order valence-electron chi connectivity index (χ3n) is 6.30. The van der Waals surface area contributed by atoms with Gasteiger partial charge in [0.05, 0.1) is 17.6 Å². The molecule has 3 heterocycles. The molecule has 0 spiro atoms. The first kappa shape index (κ1) is 22.8. The summed E-state index contributed by atoms with van der Waals surface area (Å²) in [6, 6.07) is 20.3. The molecular weight excluding hydrogens is 460 g/mol. The van der Waals surface area contributed by atoms with E-state index in [0.717, 1.165) is 11.4 Å². The van der Waals surface area contributed by atoms with Gasteiger partial charge in [-0.25, -0.2) is 0 Å². The molecule has 0 radical (unpaired) electrons. The summed E-state index contributed by atoms with van der Waals surface area (Å²) in [5, 5.41) is 3.10. The molecule has 0 unspecified atom stereocenters. The van der Waals surface area contributed by atoms with E-state index in [0.29, 0.717) is 33.9 Å². The quantitative estimate of drug-likeness (QED) is 0.183. The van der Waals surface area contributed by atoms with Gasteiger partial charge in [0.2, 0.25) is 5.78 Å². The minimum absolute atomic E-state index is 0.0751. The fourth-order valence-corrected chi connectivity index (χ4v) is 5.22. The number of fused-ring (bicyclic) bond motifs is 2. The minimum atomic E-state index is -0.537. The van der Waals surface area contributed by atoms with Crippen molar-refractivity contribution >= 4 is 44.9 Å². The van der Waals surface area contributed by atoms with Gasteiger partial charge >= 0.3 is 5.97 Å². The van der Waals surface area contributed by atoms with Crippen molar-refractivity contribution in [3.63, 3.8) is 0 Å². The molecule has 0 atom stereocenters. The lowest BCUT2D eigenvalue weighted by molar-refractivity contribution is -0.143. The highest BCUT2D eigenvalue weighted by Crippen LogP contribution is 2.21. The summed E-state index contributed by atoms with van der Waals surface area (Å²) >= 11 is 1.67. The van der Waals surface area contributed by atoms with E-state index in [4.69, 9.17) is 4.74 Å². The second-order valence-corrected chi connectivity index (χ2v) is 9.52. The highest BCUT2D eigenvalue weighted by Gasteiger charge is 2.19. The van der Waals surface area contributed by atoms with Crippen LogP contribution < -0.4 is 5.43 Å². The summed E-state index contributed by atoms with van der Waals surface area (Å²) < 4.78 is 9.27. The number of Topliss-reactive ketones (excluding diaryl/α,β-unsaturated/α-hetero) is 1. The predicted octanol–water partition coefficient (Wildman–Crippen LogP) is 5.11. The van der Waals surface area contributed by atoms with Crippen molar-refractivity contribution in [3.8, 4) is 0 Å². The van der Waals surface area contributed by atoms with Crippen LogP contribution >= 0.6 is 11.3 Å². The molecule has 0 amide bonds. The van der Waals surface area contributed by atoms with E-state index in [2.05, 4.69) is 10.6 Å². The van der Waals surface area contributed by atoms with E-state index >= 15 is 0 Å². The van der Waals surface area contributed by atoms with Crippen molar-refractivity contribution in [1.82, 2.24) is 9.13 Å². The topological polar surface area (TPSA) is 70.3 Å². The van der Waals surface area contributed by atoms with Gasteiger partial charge in [-0.05, 0) is 55.6 Å². The number of thiophene rings is 1. The highest BCUT2D eigenvalue weighted by molar-refractivity contribution is 7.09. The molecule has 0 bridgehead atoms. The van der Waals surface area contributed by atoms with Crippen LogP contribution in [-0.4, -0.2) is 27.5 Å². The molecule has 0 saturated carbocycles. The standard InChI is InChI=1S/C28H24N2O4S/c1-18-14-23(19(2)29(18)15-20-8-7-13-35-20)26(31)17-34-27(32)16-30-24-11-5-3-9-21(24)28(33)22-10-4-6-12-25(22)30/h3-14H,15-17H2,1-2H3. The zero-order valence-electron chi connectivity index (χ0n) is 19.5. The van der Waals surface area contributed by atoms with Crippen molar-refractivity contribution < 1.29 is 14.3 Å². The van der Waals surface area contributed by atoms with Crippen LogP contribution in [0.2, 0.25) is 0 Å². The van der Waals surface area contributed by atoms with Gasteiger partial charge in [-0.3, -0.25) is 14.4 Å². The number of rotatable bonds is 7. The molecule has 7 heteroatoms. The largest absolute Gasteiger partial charge is 0.456 e. The lowest BCUT2D eigenvalue weighted by atomic mass is 10.1. The number of ether oxygens (including phenoxy) is 1. The number of carbonyl (C=O) groups excluding carboxylic acids is 2. The lowest BCUT2D eigenvalue weighted by Crippen LogP contribution is -2.21. The Kier molecular flexibility index (Phi) is 6.09. The van der Waals surface area contributed by atoms with Gasteiger partial charge in [0.15, 0.2) is 12.0 Å². The van der Waals surface area contributed by atoms with Gasteiger partial charge in [-0.2, -0.15) is 0 Å². The maximum atomic E-state index is 12.9. The fraction of sp³-hybridized carbons (Fsp3) is 0.179. The second-order valence-electron chi connectivity index (χ2n) is 8.48. The molecule has 0 N–H and O–H groups in total. The van der Waals surface area contributed by atoms with Gasteiger partial charge in [0.1, 0.15) is 6.54 Å². The molecule has 0 aliphatic carbocycles. The predicted molar refractivity (Wildman–Crippen MR) is 138 cm³/mol. The Morgan fingerprint density at radius 2 is 1.54 bits per heavy atom. The number of benzene rings is 2. The maximum absolute atomic E-state index is 12.9. The first-order valence-electron chi connectivity index (χ1n) is 11.3. The van der Waals surface area contributed by atoms with Gasteiger partial charge in [0, 0.05) is 32.6 Å². The molecule has 3 aromatic heterocycles. The molecule has 5 rings (SSSR count). The molecule has 0 fully saturated rings. The number of aryl methyl sites for hydroxylation is 1. The number of aromatic nitrogens is 2. The smallest absolute Gasteiger partial charge is 0.326 e. The van der Waals surface area contributed by atoms with Crippen LogP contribution in [0, 0.1) is 13.8 Å². The first-order chi connectivity index (χ1) is 16.9. The first-order valence-corrected chi connectivity index (χ1v) is 12.2. The Hall–Kier alpha value is -3.97. The average molecular weight is 485 g/mol. The van der Waals surface area contributed by atoms with E-state index < -0.39 is 5.97 Å². The van der Waals surface area contributed by atoms with Gasteiger partial charge in [-0.1, -0.05) is 30.3 Å². The van der Waals surface area contributed by atoms with E-state index in [1.165, 1.54) is 4.88 Å². The Bertz CT molecular complexity index is 1570. The molecule has 2 aromatic carbocycles. The number of esters is 1. The van der Waals surface area contributed by atoms with Crippen LogP contribution in [0.25, 0.3) is 21.8 Å². The summed E-state index contributed by atoms with van der Waals surface area (Å²) in [6.45, 7) is 4.14. The van der Waals surface area contributed by atoms with Crippen molar-refractivity contribution in [3.05, 3.63) is 104 Å². The summed E-state index contributed by atoms with van der Waals surface area (Å²) in [5.41, 5.74) is 3.62. The summed E-state index contributed by atoms with van der Waals surface area (Å²) in [5.74, 6) is -0.775. The maximum Gasteiger partial charge on any atom is 0.326 e. The number of para-hydroxylation sites is 2. The van der Waals surface area contributed by atoms with Gasteiger partial charge < -0.3 is 13.9 Å². The van der Waals surface area contributed by atoms with Crippen molar-refractivity contribution in [2.45, 2.75) is 26.9 Å². The van der Waals surface area contributed by atoms with Crippen LogP contribution in [0.15, 0.2) is 76.9 Å². The number of carbonyl (C=O) groups is 2. The van der Waals surface area contributed by atoms with Crippen molar-refractivity contribution in [2.24, 2.45) is 0 Å². The van der Waals surface area contributed by atoms with Crippen molar-refractivity contribution in [2.75, 3.05) is 6.61 Å². The van der Waals surface area contributed by atoms with E-state index in [-0.39, 0.29) is 24.4 Å². The Morgan fingerprint density at radius 3 is 2.17 bits per heavy atom. The number of ketones is 1. The summed E-state index contributed by atoms with van der Waals surface area (Å²) in [6.07, 6.45) is 0. The number of hydrogen-bond donors (Lipinski definition) is 0. The Labute approximate surface area is 206 Å². The zero-order valence-corrected chi connectivity index (χ0v) is 20.3. The Balaban J connectivity index is 1.35.